The van der Waals surface area contributed by atoms with E-state index in [9.17, 15) is 19.2 Å². The van der Waals surface area contributed by atoms with Gasteiger partial charge in [-0.1, -0.05) is 57.4 Å². The number of imide groups is 2. The van der Waals surface area contributed by atoms with Gasteiger partial charge in [-0.3, -0.25) is 29.8 Å². The quantitative estimate of drug-likeness (QED) is 0.111. The summed E-state index contributed by atoms with van der Waals surface area (Å²) in [6.07, 6.45) is 0. The van der Waals surface area contributed by atoms with Gasteiger partial charge >= 0.3 is 0 Å². The summed E-state index contributed by atoms with van der Waals surface area (Å²) in [6.45, 7) is 4.01. The molecule has 2 heterocycles. The third-order valence-corrected chi connectivity index (χ3v) is 9.51. The zero-order valence-electron chi connectivity index (χ0n) is 21.0. The highest BCUT2D eigenvalue weighted by molar-refractivity contribution is 9.11. The van der Waals surface area contributed by atoms with Crippen molar-refractivity contribution in [3.8, 4) is 11.1 Å². The zero-order valence-corrected chi connectivity index (χ0v) is 24.2. The number of aryl methyl sites for hydroxylation is 2. The second-order valence-corrected chi connectivity index (χ2v) is 12.1. The first kappa shape index (κ1) is 23.7. The van der Waals surface area contributed by atoms with Crippen LogP contribution < -0.4 is 10.6 Å². The Bertz CT molecular complexity index is 2270. The number of rotatable bonds is 1. The van der Waals surface area contributed by atoms with Crippen molar-refractivity contribution in [2.75, 3.05) is 0 Å². The lowest BCUT2D eigenvalue weighted by atomic mass is 9.80. The fourth-order valence-electron chi connectivity index (χ4n) is 6.70. The number of carbonyl (C=O) groups excluding carboxylic acids is 4. The Morgan fingerprint density at radius 1 is 0.525 bits per heavy atom. The van der Waals surface area contributed by atoms with Crippen LogP contribution >= 0.6 is 31.9 Å². The van der Waals surface area contributed by atoms with Gasteiger partial charge in [0.1, 0.15) is 0 Å². The second kappa shape index (κ2) is 7.74. The van der Waals surface area contributed by atoms with Crippen LogP contribution in [0.5, 0.6) is 0 Å². The summed E-state index contributed by atoms with van der Waals surface area (Å²) < 4.78 is 1.39. The minimum atomic E-state index is -0.451. The second-order valence-electron chi connectivity index (χ2n) is 10.5. The van der Waals surface area contributed by atoms with Crippen molar-refractivity contribution >= 4 is 98.6 Å². The summed E-state index contributed by atoms with van der Waals surface area (Å²) in [5, 5.41) is 11.0. The molecule has 0 saturated carbocycles. The van der Waals surface area contributed by atoms with E-state index >= 15 is 0 Å². The Labute approximate surface area is 243 Å². The molecule has 0 aromatic heterocycles. The Morgan fingerprint density at radius 2 is 1.07 bits per heavy atom. The number of halogens is 2. The average Bonchev–Trinajstić information content (AvgIpc) is 2.89. The largest absolute Gasteiger partial charge is 0.288 e. The highest BCUT2D eigenvalue weighted by Gasteiger charge is 2.35. The van der Waals surface area contributed by atoms with Crippen LogP contribution in [0.2, 0.25) is 0 Å². The third-order valence-electron chi connectivity index (χ3n) is 8.09. The van der Waals surface area contributed by atoms with Crippen LogP contribution in [0, 0.1) is 13.8 Å². The Kier molecular flexibility index (Phi) is 4.59. The van der Waals surface area contributed by atoms with Crippen LogP contribution in [0.4, 0.5) is 0 Å². The Balaban J connectivity index is 1.73. The molecule has 0 spiro atoms. The van der Waals surface area contributed by atoms with Gasteiger partial charge < -0.3 is 0 Å². The van der Waals surface area contributed by atoms with E-state index in [4.69, 9.17) is 0 Å². The number of carbonyl (C=O) groups is 4. The summed E-state index contributed by atoms with van der Waals surface area (Å²) in [7, 11) is 0. The van der Waals surface area contributed by atoms with Crippen molar-refractivity contribution in [1.29, 1.82) is 0 Å². The standard InChI is InChI=1S/C32H16Br2N2O4/c1-11-7-12(2)9-13(8-11)20-27-25-17(30(38)36-32(27)40)6-3-14-22-19(33)10-18-21-16(29(37)35-31(18)39)5-4-15(23(21)22)26(24(14)25)28(20)34/h3-10H,1-2H3,(H,35,37,39)(H,36,38,40). The van der Waals surface area contributed by atoms with Crippen LogP contribution in [0.15, 0.2) is 57.5 Å². The van der Waals surface area contributed by atoms with Gasteiger partial charge in [0.25, 0.3) is 23.6 Å². The highest BCUT2D eigenvalue weighted by atomic mass is 79.9. The van der Waals surface area contributed by atoms with E-state index in [0.29, 0.717) is 47.5 Å². The maximum absolute atomic E-state index is 13.6. The average molecular weight is 652 g/mol. The number of hydrogen-bond acceptors (Lipinski definition) is 4. The fraction of sp³-hybridized carbons (Fsp3) is 0.0625. The first-order valence-corrected chi connectivity index (χ1v) is 14.2. The molecule has 2 aliphatic heterocycles. The van der Waals surface area contributed by atoms with Crippen molar-refractivity contribution in [2.45, 2.75) is 13.8 Å². The van der Waals surface area contributed by atoms with Crippen LogP contribution in [0.25, 0.3) is 54.2 Å². The van der Waals surface area contributed by atoms with Crippen molar-refractivity contribution in [3.05, 3.63) is 90.9 Å². The number of amides is 4. The van der Waals surface area contributed by atoms with Crippen molar-refractivity contribution in [1.82, 2.24) is 10.6 Å². The van der Waals surface area contributed by atoms with E-state index in [1.165, 1.54) is 0 Å². The molecule has 6 nitrogen and oxygen atoms in total. The lowest BCUT2D eigenvalue weighted by Gasteiger charge is -2.27. The van der Waals surface area contributed by atoms with Crippen LogP contribution in [0.3, 0.4) is 0 Å². The molecule has 40 heavy (non-hydrogen) atoms. The van der Waals surface area contributed by atoms with Gasteiger partial charge in [0.15, 0.2) is 0 Å². The summed E-state index contributed by atoms with van der Waals surface area (Å²) in [5.74, 6) is -1.78. The van der Waals surface area contributed by atoms with E-state index in [2.05, 4.69) is 48.6 Å². The van der Waals surface area contributed by atoms with E-state index in [1.807, 2.05) is 38.1 Å². The fourth-order valence-corrected chi connectivity index (χ4v) is 8.18. The summed E-state index contributed by atoms with van der Waals surface area (Å²) in [6, 6.07) is 15.1. The maximum atomic E-state index is 13.6. The van der Waals surface area contributed by atoms with Crippen molar-refractivity contribution < 1.29 is 19.2 Å². The van der Waals surface area contributed by atoms with Crippen LogP contribution in [0.1, 0.15) is 52.6 Å². The predicted octanol–water partition coefficient (Wildman–Crippen LogP) is 7.31. The van der Waals surface area contributed by atoms with Crippen LogP contribution in [-0.2, 0) is 0 Å². The summed E-state index contributed by atoms with van der Waals surface area (Å²) in [5.41, 5.74) is 5.33. The van der Waals surface area contributed by atoms with Gasteiger partial charge in [-0.15, -0.1) is 0 Å². The zero-order chi connectivity index (χ0) is 27.8. The number of benzene rings is 6. The molecule has 192 valence electrons. The smallest absolute Gasteiger partial charge is 0.259 e. The normalized spacial score (nSPS) is 14.6. The Morgan fingerprint density at radius 3 is 1.75 bits per heavy atom. The maximum Gasteiger partial charge on any atom is 0.259 e. The van der Waals surface area contributed by atoms with Gasteiger partial charge in [-0.2, -0.15) is 0 Å². The molecule has 0 unspecified atom stereocenters. The molecule has 8 rings (SSSR count). The van der Waals surface area contributed by atoms with Gasteiger partial charge in [0, 0.05) is 63.5 Å². The minimum Gasteiger partial charge on any atom is -0.288 e. The molecule has 6 aromatic carbocycles. The number of nitrogens with one attached hydrogen (secondary N) is 2. The first-order valence-electron chi connectivity index (χ1n) is 12.6. The lowest BCUT2D eigenvalue weighted by molar-refractivity contribution is 0.0828. The molecule has 0 aliphatic carbocycles. The number of fused-ring (bicyclic) bond motifs is 2. The monoisotopic (exact) mass is 650 g/mol. The van der Waals surface area contributed by atoms with Crippen LogP contribution in [-0.4, -0.2) is 23.6 Å². The molecule has 0 atom stereocenters. The van der Waals surface area contributed by atoms with Gasteiger partial charge in [0.2, 0.25) is 0 Å². The molecule has 0 bridgehead atoms. The SMILES string of the molecule is Cc1cc(C)cc(-c2c3c4c(ccc5c6c(Br)cc7c8c(ccc(c(c2Br)c45)c86)C(=O)NC7=O)C(=O)NC3=O)c1. The molecule has 2 N–H and O–H groups in total. The minimum absolute atomic E-state index is 0.413. The summed E-state index contributed by atoms with van der Waals surface area (Å²) in [4.78, 5) is 52.5. The molecule has 8 heteroatoms. The Hall–Kier alpha value is -4.14. The third kappa shape index (κ3) is 2.82. The van der Waals surface area contributed by atoms with E-state index in [-0.39, 0.29) is 0 Å². The molecule has 6 aromatic rings. The van der Waals surface area contributed by atoms with Crippen molar-refractivity contribution in [3.63, 3.8) is 0 Å². The van der Waals surface area contributed by atoms with E-state index in [1.54, 1.807) is 18.2 Å². The topological polar surface area (TPSA) is 92.3 Å². The molecule has 4 amide bonds. The lowest BCUT2D eigenvalue weighted by Crippen LogP contribution is -2.35. The highest BCUT2D eigenvalue weighted by Crippen LogP contribution is 2.52. The van der Waals surface area contributed by atoms with Crippen molar-refractivity contribution in [2.24, 2.45) is 0 Å². The predicted molar refractivity (Wildman–Crippen MR) is 162 cm³/mol. The molecule has 0 radical (unpaired) electrons. The molecule has 0 fully saturated rings. The molecular formula is C32H16Br2N2O4. The molecule has 0 saturated heterocycles. The van der Waals surface area contributed by atoms with E-state index < -0.39 is 23.6 Å². The van der Waals surface area contributed by atoms with Gasteiger partial charge in [-0.05, 0) is 64.3 Å². The summed E-state index contributed by atoms with van der Waals surface area (Å²) >= 11 is 7.60. The van der Waals surface area contributed by atoms with E-state index in [0.717, 1.165) is 49.0 Å². The van der Waals surface area contributed by atoms with Gasteiger partial charge in [-0.25, -0.2) is 0 Å². The number of hydrogen-bond donors (Lipinski definition) is 2. The first-order chi connectivity index (χ1) is 19.2. The van der Waals surface area contributed by atoms with Gasteiger partial charge in [0.05, 0.1) is 5.56 Å². The molecule has 2 aliphatic rings. The molecular weight excluding hydrogens is 636 g/mol.